The topological polar surface area (TPSA) is 36.4 Å². The minimum Gasteiger partial charge on any atom is -0.356 e. The number of rotatable bonds is 6. The van der Waals surface area contributed by atoms with Gasteiger partial charge in [0.25, 0.3) is 0 Å². The van der Waals surface area contributed by atoms with Crippen molar-refractivity contribution in [2.75, 3.05) is 13.6 Å². The van der Waals surface area contributed by atoms with Crippen LogP contribution in [0.3, 0.4) is 0 Å². The number of hydrogen-bond donors (Lipinski definition) is 2. The van der Waals surface area contributed by atoms with E-state index in [2.05, 4.69) is 38.5 Å². The molecule has 0 atom stereocenters. The summed E-state index contributed by atoms with van der Waals surface area (Å²) < 4.78 is 0. The third-order valence-electron chi connectivity index (χ3n) is 3.14. The standard InChI is InChI=1S/C16H20ClN3S.HI/c1-18-16(20-11-13-8-10-21-12-13)19-9-4-6-14-5-2-3-7-15(14)17;/h2-3,5,7-8,10,12H,4,6,9,11H2,1H3,(H2,18,19,20);1H. The van der Waals surface area contributed by atoms with Crippen LogP contribution in [0, 0.1) is 0 Å². The fourth-order valence-corrected chi connectivity index (χ4v) is 2.89. The van der Waals surface area contributed by atoms with Gasteiger partial charge < -0.3 is 10.6 Å². The van der Waals surface area contributed by atoms with Crippen molar-refractivity contribution in [2.45, 2.75) is 19.4 Å². The zero-order chi connectivity index (χ0) is 14.9. The van der Waals surface area contributed by atoms with E-state index in [9.17, 15) is 0 Å². The van der Waals surface area contributed by atoms with Gasteiger partial charge in [0.05, 0.1) is 0 Å². The minimum absolute atomic E-state index is 0. The van der Waals surface area contributed by atoms with Crippen molar-refractivity contribution >= 4 is 52.9 Å². The molecule has 2 N–H and O–H groups in total. The van der Waals surface area contributed by atoms with Crippen LogP contribution in [0.5, 0.6) is 0 Å². The number of guanidine groups is 1. The molecule has 0 fully saturated rings. The van der Waals surface area contributed by atoms with Gasteiger partial charge >= 0.3 is 0 Å². The summed E-state index contributed by atoms with van der Waals surface area (Å²) in [5, 5.41) is 11.7. The summed E-state index contributed by atoms with van der Waals surface area (Å²) in [5.41, 5.74) is 2.47. The Morgan fingerprint density at radius 2 is 2.05 bits per heavy atom. The van der Waals surface area contributed by atoms with Crippen LogP contribution in [0.4, 0.5) is 0 Å². The van der Waals surface area contributed by atoms with Gasteiger partial charge in [-0.05, 0) is 46.9 Å². The first-order chi connectivity index (χ1) is 10.3. The molecular formula is C16H21ClIN3S. The van der Waals surface area contributed by atoms with Crippen molar-refractivity contribution < 1.29 is 0 Å². The van der Waals surface area contributed by atoms with Crippen molar-refractivity contribution in [1.29, 1.82) is 0 Å². The molecule has 0 aliphatic rings. The average Bonchev–Trinajstić information content (AvgIpc) is 3.01. The van der Waals surface area contributed by atoms with Crippen LogP contribution in [-0.2, 0) is 13.0 Å². The van der Waals surface area contributed by atoms with Crippen LogP contribution in [0.2, 0.25) is 5.02 Å². The molecule has 2 rings (SSSR count). The normalized spacial score (nSPS) is 10.9. The number of thiophene rings is 1. The van der Waals surface area contributed by atoms with Gasteiger partial charge in [-0.2, -0.15) is 11.3 Å². The fraction of sp³-hybridized carbons (Fsp3) is 0.312. The van der Waals surface area contributed by atoms with E-state index in [-0.39, 0.29) is 24.0 Å². The maximum Gasteiger partial charge on any atom is 0.191 e. The summed E-state index contributed by atoms with van der Waals surface area (Å²) in [5.74, 6) is 0.834. The molecule has 1 aromatic heterocycles. The first kappa shape index (κ1) is 19.3. The molecule has 6 heteroatoms. The third kappa shape index (κ3) is 6.54. The summed E-state index contributed by atoms with van der Waals surface area (Å²) in [6, 6.07) is 10.1. The maximum absolute atomic E-state index is 6.14. The Labute approximate surface area is 158 Å². The first-order valence-corrected chi connectivity index (χ1v) is 8.30. The van der Waals surface area contributed by atoms with Crippen molar-refractivity contribution in [1.82, 2.24) is 10.6 Å². The molecule has 120 valence electrons. The molecule has 1 heterocycles. The van der Waals surface area contributed by atoms with Gasteiger partial charge in [-0.25, -0.2) is 0 Å². The Kier molecular flexibility index (Phi) is 9.50. The van der Waals surface area contributed by atoms with Crippen LogP contribution < -0.4 is 10.6 Å². The van der Waals surface area contributed by atoms with Gasteiger partial charge in [0.1, 0.15) is 0 Å². The number of benzene rings is 1. The lowest BCUT2D eigenvalue weighted by atomic mass is 10.1. The van der Waals surface area contributed by atoms with E-state index in [4.69, 9.17) is 11.6 Å². The lowest BCUT2D eigenvalue weighted by Gasteiger charge is -2.11. The number of nitrogens with one attached hydrogen (secondary N) is 2. The molecule has 0 saturated heterocycles. The molecule has 0 bridgehead atoms. The number of aliphatic imine (C=N–C) groups is 1. The molecule has 22 heavy (non-hydrogen) atoms. The summed E-state index contributed by atoms with van der Waals surface area (Å²) >= 11 is 7.85. The highest BCUT2D eigenvalue weighted by atomic mass is 127. The van der Waals surface area contributed by atoms with Crippen molar-refractivity contribution in [2.24, 2.45) is 4.99 Å². The Morgan fingerprint density at radius 3 is 2.73 bits per heavy atom. The van der Waals surface area contributed by atoms with Gasteiger partial charge in [0.15, 0.2) is 5.96 Å². The molecule has 3 nitrogen and oxygen atoms in total. The van der Waals surface area contributed by atoms with E-state index in [0.29, 0.717) is 0 Å². The van der Waals surface area contributed by atoms with Gasteiger partial charge in [-0.15, -0.1) is 24.0 Å². The van der Waals surface area contributed by atoms with E-state index < -0.39 is 0 Å². The van der Waals surface area contributed by atoms with E-state index >= 15 is 0 Å². The molecule has 1 aromatic carbocycles. The zero-order valence-corrected chi connectivity index (χ0v) is 16.4. The summed E-state index contributed by atoms with van der Waals surface area (Å²) in [7, 11) is 1.79. The Bertz CT molecular complexity index is 573. The monoisotopic (exact) mass is 449 g/mol. The molecule has 0 radical (unpaired) electrons. The van der Waals surface area contributed by atoms with Crippen LogP contribution in [0.15, 0.2) is 46.1 Å². The van der Waals surface area contributed by atoms with Crippen LogP contribution in [0.25, 0.3) is 0 Å². The number of halogens is 2. The fourth-order valence-electron chi connectivity index (χ4n) is 1.99. The Morgan fingerprint density at radius 1 is 1.23 bits per heavy atom. The molecule has 2 aromatic rings. The second-order valence-corrected chi connectivity index (χ2v) is 5.87. The Hall–Kier alpha value is -0.790. The maximum atomic E-state index is 6.14. The lowest BCUT2D eigenvalue weighted by Crippen LogP contribution is -2.37. The molecular weight excluding hydrogens is 429 g/mol. The van der Waals surface area contributed by atoms with Gasteiger partial charge in [-0.3, -0.25) is 4.99 Å². The molecule has 0 aliphatic carbocycles. The molecule has 0 amide bonds. The number of aryl methyl sites for hydroxylation is 1. The van der Waals surface area contributed by atoms with E-state index in [1.165, 1.54) is 11.1 Å². The summed E-state index contributed by atoms with van der Waals surface area (Å²) in [6.45, 7) is 1.67. The average molecular weight is 450 g/mol. The minimum atomic E-state index is 0. The van der Waals surface area contributed by atoms with E-state index in [0.717, 1.165) is 36.9 Å². The largest absolute Gasteiger partial charge is 0.356 e. The highest BCUT2D eigenvalue weighted by Crippen LogP contribution is 2.16. The van der Waals surface area contributed by atoms with Crippen LogP contribution in [0.1, 0.15) is 17.5 Å². The molecule has 0 aliphatic heterocycles. The van der Waals surface area contributed by atoms with Gasteiger partial charge in [0, 0.05) is 25.2 Å². The second kappa shape index (κ2) is 10.9. The van der Waals surface area contributed by atoms with Crippen molar-refractivity contribution in [3.8, 4) is 0 Å². The van der Waals surface area contributed by atoms with Gasteiger partial charge in [-0.1, -0.05) is 29.8 Å². The lowest BCUT2D eigenvalue weighted by molar-refractivity contribution is 0.742. The van der Waals surface area contributed by atoms with E-state index in [1.807, 2.05) is 18.2 Å². The van der Waals surface area contributed by atoms with E-state index in [1.54, 1.807) is 18.4 Å². The third-order valence-corrected chi connectivity index (χ3v) is 4.24. The first-order valence-electron chi connectivity index (χ1n) is 6.98. The number of hydrogen-bond acceptors (Lipinski definition) is 2. The highest BCUT2D eigenvalue weighted by molar-refractivity contribution is 14.0. The number of nitrogens with zero attached hydrogens (tertiary/aromatic N) is 1. The van der Waals surface area contributed by atoms with Crippen LogP contribution >= 0.6 is 46.9 Å². The zero-order valence-electron chi connectivity index (χ0n) is 12.5. The quantitative estimate of drug-likeness (QED) is 0.298. The second-order valence-electron chi connectivity index (χ2n) is 4.68. The SMILES string of the molecule is CN=C(NCCCc1ccccc1Cl)NCc1ccsc1.I. The van der Waals surface area contributed by atoms with Crippen LogP contribution in [-0.4, -0.2) is 19.6 Å². The molecule has 0 saturated carbocycles. The highest BCUT2D eigenvalue weighted by Gasteiger charge is 2.00. The van der Waals surface area contributed by atoms with Crippen molar-refractivity contribution in [3.05, 3.63) is 57.2 Å². The predicted octanol–water partition coefficient (Wildman–Crippen LogP) is 4.32. The summed E-state index contributed by atoms with van der Waals surface area (Å²) in [6.07, 6.45) is 1.98. The van der Waals surface area contributed by atoms with Crippen molar-refractivity contribution in [3.63, 3.8) is 0 Å². The summed E-state index contributed by atoms with van der Waals surface area (Å²) in [4.78, 5) is 4.22. The Balaban J connectivity index is 0.00000242. The molecule has 0 unspecified atom stereocenters. The molecule has 0 spiro atoms. The smallest absolute Gasteiger partial charge is 0.191 e. The predicted molar refractivity (Wildman–Crippen MR) is 108 cm³/mol. The van der Waals surface area contributed by atoms with Gasteiger partial charge in [0.2, 0.25) is 0 Å².